The van der Waals surface area contributed by atoms with Crippen LogP contribution in [-0.4, -0.2) is 23.1 Å². The van der Waals surface area contributed by atoms with Crippen molar-refractivity contribution >= 4 is 49.5 Å². The molecule has 92 valence electrons. The number of para-hydroxylation sites is 1. The Morgan fingerprint density at radius 3 is 2.29 bits per heavy atom. The van der Waals surface area contributed by atoms with Gasteiger partial charge in [-0.3, -0.25) is 4.79 Å². The highest BCUT2D eigenvalue weighted by atomic mass is 79.9. The Morgan fingerprint density at radius 1 is 1.29 bits per heavy atom. The summed E-state index contributed by atoms with van der Waals surface area (Å²) in [5.41, 5.74) is 0.544. The number of hydrogen-bond donors (Lipinski definition) is 3. The van der Waals surface area contributed by atoms with Crippen LogP contribution in [0.25, 0.3) is 0 Å². The first-order chi connectivity index (χ1) is 7.91. The molecule has 17 heavy (non-hydrogen) atoms. The maximum Gasteiger partial charge on any atom is 0.325 e. The number of rotatable bonds is 3. The molecule has 1 aromatic carbocycles. The normalized spacial score (nSPS) is 11.7. The highest BCUT2D eigenvalue weighted by Crippen LogP contribution is 2.30. The quantitative estimate of drug-likeness (QED) is 0.770. The van der Waals surface area contributed by atoms with Gasteiger partial charge in [-0.15, -0.1) is 0 Å². The smallest absolute Gasteiger partial charge is 0.325 e. The number of carbonyl (C=O) groups is 2. The van der Waals surface area contributed by atoms with Crippen molar-refractivity contribution < 1.29 is 14.7 Å². The van der Waals surface area contributed by atoms with Gasteiger partial charge in [-0.05, 0) is 50.9 Å². The lowest BCUT2D eigenvalue weighted by Gasteiger charge is -2.12. The first kappa shape index (κ1) is 14.0. The molecule has 0 aromatic heterocycles. The van der Waals surface area contributed by atoms with Crippen LogP contribution in [0.15, 0.2) is 27.1 Å². The van der Waals surface area contributed by atoms with Crippen molar-refractivity contribution in [3.8, 4) is 0 Å². The summed E-state index contributed by atoms with van der Waals surface area (Å²) >= 11 is 6.56. The van der Waals surface area contributed by atoms with E-state index < -0.39 is 18.0 Å². The molecule has 3 N–H and O–H groups in total. The number of anilines is 1. The molecule has 1 aromatic rings. The first-order valence-corrected chi connectivity index (χ1v) is 6.24. The molecule has 0 bridgehead atoms. The van der Waals surface area contributed by atoms with Crippen LogP contribution in [0, 0.1) is 0 Å². The van der Waals surface area contributed by atoms with Crippen LogP contribution in [0.2, 0.25) is 0 Å². The van der Waals surface area contributed by atoms with Gasteiger partial charge in [0.05, 0.1) is 5.69 Å². The second kappa shape index (κ2) is 6.02. The van der Waals surface area contributed by atoms with Crippen molar-refractivity contribution in [3.05, 3.63) is 27.1 Å². The van der Waals surface area contributed by atoms with Crippen molar-refractivity contribution in [1.82, 2.24) is 5.32 Å². The van der Waals surface area contributed by atoms with E-state index in [2.05, 4.69) is 42.5 Å². The Bertz CT molecular complexity index is 431. The van der Waals surface area contributed by atoms with E-state index in [1.165, 1.54) is 6.92 Å². The van der Waals surface area contributed by atoms with Crippen LogP contribution in [0.1, 0.15) is 6.92 Å². The fourth-order valence-corrected chi connectivity index (χ4v) is 2.22. The summed E-state index contributed by atoms with van der Waals surface area (Å²) in [4.78, 5) is 22.1. The second-order valence-electron chi connectivity index (χ2n) is 3.26. The van der Waals surface area contributed by atoms with Crippen molar-refractivity contribution in [1.29, 1.82) is 0 Å². The van der Waals surface area contributed by atoms with E-state index in [9.17, 15) is 9.59 Å². The highest BCUT2D eigenvalue weighted by Gasteiger charge is 2.15. The standard InChI is InChI=1S/C10H10Br2N2O3/c1-5(9(15)16)13-10(17)14-8-6(11)3-2-4-7(8)12/h2-5H,1H3,(H,15,16)(H2,13,14,17). The highest BCUT2D eigenvalue weighted by molar-refractivity contribution is 9.11. The third-order valence-corrected chi connectivity index (χ3v) is 3.24. The molecule has 0 aliphatic carbocycles. The molecule has 0 aliphatic heterocycles. The lowest BCUT2D eigenvalue weighted by atomic mass is 10.3. The van der Waals surface area contributed by atoms with Gasteiger partial charge in [0.25, 0.3) is 0 Å². The average molecular weight is 366 g/mol. The van der Waals surface area contributed by atoms with Gasteiger partial charge in [-0.1, -0.05) is 6.07 Å². The maximum atomic E-state index is 11.5. The van der Waals surface area contributed by atoms with Crippen molar-refractivity contribution in [2.24, 2.45) is 0 Å². The first-order valence-electron chi connectivity index (χ1n) is 4.66. The molecule has 0 saturated heterocycles. The number of halogens is 2. The van der Waals surface area contributed by atoms with Crippen LogP contribution >= 0.6 is 31.9 Å². The van der Waals surface area contributed by atoms with Crippen molar-refractivity contribution in [2.75, 3.05) is 5.32 Å². The molecule has 0 spiro atoms. The number of nitrogens with one attached hydrogen (secondary N) is 2. The fraction of sp³-hybridized carbons (Fsp3) is 0.200. The SMILES string of the molecule is CC(NC(=O)Nc1c(Br)cccc1Br)C(=O)O. The Kier molecular flexibility index (Phi) is 4.95. The molecule has 5 nitrogen and oxygen atoms in total. The molecule has 1 unspecified atom stereocenters. The molecule has 0 radical (unpaired) electrons. The van der Waals surface area contributed by atoms with E-state index in [4.69, 9.17) is 5.11 Å². The Labute approximate surface area is 115 Å². The molecule has 0 saturated carbocycles. The van der Waals surface area contributed by atoms with E-state index in [-0.39, 0.29) is 0 Å². The summed E-state index contributed by atoms with van der Waals surface area (Å²) in [6.45, 7) is 1.39. The predicted molar refractivity (Wildman–Crippen MR) is 71.1 cm³/mol. The molecule has 0 heterocycles. The third kappa shape index (κ3) is 4.01. The molecule has 1 rings (SSSR count). The number of urea groups is 1. The Morgan fingerprint density at radius 2 is 1.82 bits per heavy atom. The number of amides is 2. The van der Waals surface area contributed by atoms with Gasteiger partial charge in [0.15, 0.2) is 0 Å². The fourth-order valence-electron chi connectivity index (χ4n) is 1.03. The zero-order chi connectivity index (χ0) is 13.0. The van der Waals surface area contributed by atoms with Gasteiger partial charge in [0, 0.05) is 8.95 Å². The number of carboxylic acid groups (broad SMARTS) is 1. The number of carboxylic acids is 1. The minimum Gasteiger partial charge on any atom is -0.480 e. The van der Waals surface area contributed by atoms with E-state index in [0.717, 1.165) is 0 Å². The second-order valence-corrected chi connectivity index (χ2v) is 4.96. The summed E-state index contributed by atoms with van der Waals surface area (Å²) in [5, 5.41) is 13.5. The molecule has 2 amide bonds. The van der Waals surface area contributed by atoms with Gasteiger partial charge >= 0.3 is 12.0 Å². The van der Waals surface area contributed by atoms with Gasteiger partial charge in [0.2, 0.25) is 0 Å². The largest absolute Gasteiger partial charge is 0.480 e. The number of hydrogen-bond acceptors (Lipinski definition) is 2. The van der Waals surface area contributed by atoms with Crippen LogP contribution < -0.4 is 10.6 Å². The molecule has 1 atom stereocenters. The van der Waals surface area contributed by atoms with Gasteiger partial charge in [-0.25, -0.2) is 4.79 Å². The number of aliphatic carboxylic acids is 1. The lowest BCUT2D eigenvalue weighted by Crippen LogP contribution is -2.40. The zero-order valence-electron chi connectivity index (χ0n) is 8.83. The summed E-state index contributed by atoms with van der Waals surface area (Å²) in [5.74, 6) is -1.09. The number of carbonyl (C=O) groups excluding carboxylic acids is 1. The molecular weight excluding hydrogens is 356 g/mol. The van der Waals surface area contributed by atoms with E-state index in [1.807, 2.05) is 0 Å². The minimum absolute atomic E-state index is 0.544. The van der Waals surface area contributed by atoms with Crippen molar-refractivity contribution in [3.63, 3.8) is 0 Å². The summed E-state index contributed by atoms with van der Waals surface area (Å²) in [6.07, 6.45) is 0. The Balaban J connectivity index is 2.72. The molecule has 7 heteroatoms. The number of benzene rings is 1. The summed E-state index contributed by atoms with van der Waals surface area (Å²) < 4.78 is 1.40. The molecule has 0 fully saturated rings. The van der Waals surface area contributed by atoms with Gasteiger partial charge in [0.1, 0.15) is 6.04 Å². The Hall–Kier alpha value is -1.08. The van der Waals surface area contributed by atoms with Crippen LogP contribution in [0.5, 0.6) is 0 Å². The predicted octanol–water partition coefficient (Wildman–Crippen LogP) is 2.81. The third-order valence-electron chi connectivity index (χ3n) is 1.92. The van der Waals surface area contributed by atoms with Gasteiger partial charge in [-0.2, -0.15) is 0 Å². The lowest BCUT2D eigenvalue weighted by molar-refractivity contribution is -0.138. The summed E-state index contributed by atoms with van der Waals surface area (Å²) in [6, 6.07) is 3.81. The average Bonchev–Trinajstić information content (AvgIpc) is 2.23. The molecule has 0 aliphatic rings. The van der Waals surface area contributed by atoms with Gasteiger partial charge < -0.3 is 15.7 Å². The van der Waals surface area contributed by atoms with E-state index in [0.29, 0.717) is 14.6 Å². The topological polar surface area (TPSA) is 78.4 Å². The van der Waals surface area contributed by atoms with E-state index in [1.54, 1.807) is 18.2 Å². The maximum absolute atomic E-state index is 11.5. The summed E-state index contributed by atoms with van der Waals surface area (Å²) in [7, 11) is 0. The monoisotopic (exact) mass is 364 g/mol. The van der Waals surface area contributed by atoms with Crippen LogP contribution in [-0.2, 0) is 4.79 Å². The minimum atomic E-state index is -1.09. The zero-order valence-corrected chi connectivity index (χ0v) is 12.0. The van der Waals surface area contributed by atoms with E-state index >= 15 is 0 Å². The van der Waals surface area contributed by atoms with Crippen LogP contribution in [0.4, 0.5) is 10.5 Å². The van der Waals surface area contributed by atoms with Crippen molar-refractivity contribution in [2.45, 2.75) is 13.0 Å². The van der Waals surface area contributed by atoms with Crippen LogP contribution in [0.3, 0.4) is 0 Å². The molecular formula is C10H10Br2N2O3.